The summed E-state index contributed by atoms with van der Waals surface area (Å²) >= 11 is 1.30. The van der Waals surface area contributed by atoms with Gasteiger partial charge in [0.1, 0.15) is 0 Å². The van der Waals surface area contributed by atoms with E-state index < -0.39 is 5.25 Å². The second kappa shape index (κ2) is 9.02. The van der Waals surface area contributed by atoms with Crippen molar-refractivity contribution < 1.29 is 9.53 Å². The first-order chi connectivity index (χ1) is 14.5. The predicted molar refractivity (Wildman–Crippen MR) is 120 cm³/mol. The van der Waals surface area contributed by atoms with Crippen LogP contribution >= 0.6 is 11.8 Å². The van der Waals surface area contributed by atoms with Gasteiger partial charge in [0.2, 0.25) is 5.91 Å². The van der Waals surface area contributed by atoms with Crippen molar-refractivity contribution >= 4 is 34.3 Å². The molecule has 3 aromatic rings. The molecule has 1 amide bonds. The summed E-state index contributed by atoms with van der Waals surface area (Å²) in [4.78, 5) is 30.6. The molecular weight excluding hydrogens is 398 g/mol. The number of benzene rings is 2. The molecule has 0 saturated carbocycles. The Hall–Kier alpha value is -2.64. The molecule has 0 radical (unpaired) electrons. The molecule has 1 N–H and O–H groups in total. The highest BCUT2D eigenvalue weighted by Gasteiger charge is 2.23. The molecule has 6 nitrogen and oxygen atoms in total. The van der Waals surface area contributed by atoms with Crippen LogP contribution in [0.1, 0.15) is 25.3 Å². The molecule has 0 aliphatic carbocycles. The number of para-hydroxylation sites is 1. The molecule has 0 bridgehead atoms. The Bertz CT molecular complexity index is 1120. The maximum atomic E-state index is 13.2. The predicted octanol–water partition coefficient (Wildman–Crippen LogP) is 4.00. The molecule has 1 saturated heterocycles. The molecule has 2 atom stereocenters. The number of nitrogens with zero attached hydrogens (tertiary/aromatic N) is 2. The molecule has 1 aliphatic heterocycles. The van der Waals surface area contributed by atoms with Gasteiger partial charge < -0.3 is 10.1 Å². The first-order valence-electron chi connectivity index (χ1n) is 10.2. The number of hydrogen-bond donors (Lipinski definition) is 1. The van der Waals surface area contributed by atoms with E-state index in [1.165, 1.54) is 11.8 Å². The van der Waals surface area contributed by atoms with E-state index in [1.54, 1.807) is 10.6 Å². The van der Waals surface area contributed by atoms with Gasteiger partial charge in [-0.2, -0.15) is 0 Å². The summed E-state index contributed by atoms with van der Waals surface area (Å²) in [5.74, 6) is -0.128. The number of carbonyl (C=O) groups is 1. The van der Waals surface area contributed by atoms with Gasteiger partial charge in [-0.3, -0.25) is 14.2 Å². The number of aromatic nitrogens is 2. The van der Waals surface area contributed by atoms with E-state index in [2.05, 4.69) is 5.32 Å². The Balaban J connectivity index is 1.61. The van der Waals surface area contributed by atoms with Crippen LogP contribution in [0.5, 0.6) is 0 Å². The number of amides is 1. The molecule has 2 aromatic carbocycles. The van der Waals surface area contributed by atoms with Crippen molar-refractivity contribution in [2.24, 2.45) is 0 Å². The molecule has 0 spiro atoms. The van der Waals surface area contributed by atoms with Gasteiger partial charge in [0.15, 0.2) is 5.16 Å². The Morgan fingerprint density at radius 1 is 1.30 bits per heavy atom. The number of aryl methyl sites for hydroxylation is 1. The van der Waals surface area contributed by atoms with Crippen LogP contribution in [0.15, 0.2) is 58.5 Å². The Labute approximate surface area is 179 Å². The zero-order valence-corrected chi connectivity index (χ0v) is 17.9. The second-order valence-electron chi connectivity index (χ2n) is 7.58. The maximum Gasteiger partial charge on any atom is 0.262 e. The van der Waals surface area contributed by atoms with E-state index in [1.807, 2.05) is 56.3 Å². The van der Waals surface area contributed by atoms with Gasteiger partial charge in [-0.25, -0.2) is 4.98 Å². The largest absolute Gasteiger partial charge is 0.376 e. The third-order valence-electron chi connectivity index (χ3n) is 5.17. The summed E-state index contributed by atoms with van der Waals surface area (Å²) in [6.45, 7) is 4.98. The number of ether oxygens (including phenoxy) is 1. The van der Waals surface area contributed by atoms with Gasteiger partial charge in [-0.1, -0.05) is 36.0 Å². The van der Waals surface area contributed by atoms with E-state index >= 15 is 0 Å². The number of fused-ring (bicyclic) bond motifs is 1. The Morgan fingerprint density at radius 3 is 2.90 bits per heavy atom. The average Bonchev–Trinajstić information content (AvgIpc) is 3.24. The summed E-state index contributed by atoms with van der Waals surface area (Å²) in [6, 6.07) is 15.0. The zero-order valence-electron chi connectivity index (χ0n) is 17.1. The number of thioether (sulfide) groups is 1. The monoisotopic (exact) mass is 423 g/mol. The summed E-state index contributed by atoms with van der Waals surface area (Å²) in [5, 5.41) is 3.65. The first-order valence-corrected chi connectivity index (χ1v) is 11.0. The lowest BCUT2D eigenvalue weighted by Crippen LogP contribution is -2.30. The molecule has 0 unspecified atom stereocenters. The van der Waals surface area contributed by atoms with Gasteiger partial charge >= 0.3 is 0 Å². The first kappa shape index (κ1) is 20.6. The lowest BCUT2D eigenvalue weighted by molar-refractivity contribution is -0.115. The van der Waals surface area contributed by atoms with Gasteiger partial charge in [0, 0.05) is 12.3 Å². The average molecular weight is 424 g/mol. The van der Waals surface area contributed by atoms with Crippen molar-refractivity contribution in [2.75, 3.05) is 11.9 Å². The summed E-state index contributed by atoms with van der Waals surface area (Å²) in [7, 11) is 0. The normalized spacial score (nSPS) is 17.2. The SMILES string of the molecule is Cc1cccc(NC(=O)[C@H](C)Sc2nc3ccccc3c(=O)n2C[C@H]2CCCO2)c1. The molecule has 156 valence electrons. The highest BCUT2D eigenvalue weighted by atomic mass is 32.2. The standard InChI is InChI=1S/C23H25N3O3S/c1-15-7-5-8-17(13-15)24-21(27)16(2)30-23-25-20-11-4-3-10-19(20)22(28)26(23)14-18-9-6-12-29-18/h3-5,7-8,10-11,13,16,18H,6,9,12,14H2,1-2H3,(H,24,27)/t16-,18+/m0/s1. The highest BCUT2D eigenvalue weighted by Crippen LogP contribution is 2.25. The molecule has 1 fully saturated rings. The Morgan fingerprint density at radius 2 is 2.13 bits per heavy atom. The smallest absolute Gasteiger partial charge is 0.262 e. The quantitative estimate of drug-likeness (QED) is 0.479. The molecule has 1 aromatic heterocycles. The van der Waals surface area contributed by atoms with Crippen LogP contribution in [-0.4, -0.2) is 33.4 Å². The van der Waals surface area contributed by atoms with Crippen LogP contribution in [0.25, 0.3) is 10.9 Å². The van der Waals surface area contributed by atoms with E-state index in [0.717, 1.165) is 30.7 Å². The number of anilines is 1. The zero-order chi connectivity index (χ0) is 21.1. The van der Waals surface area contributed by atoms with E-state index in [-0.39, 0.29) is 17.6 Å². The number of rotatable bonds is 6. The van der Waals surface area contributed by atoms with Crippen molar-refractivity contribution in [2.45, 2.75) is 49.7 Å². The van der Waals surface area contributed by atoms with Crippen LogP contribution in [0.3, 0.4) is 0 Å². The fourth-order valence-electron chi connectivity index (χ4n) is 3.57. The van der Waals surface area contributed by atoms with Crippen molar-refractivity contribution in [1.29, 1.82) is 0 Å². The molecule has 30 heavy (non-hydrogen) atoms. The highest BCUT2D eigenvalue weighted by molar-refractivity contribution is 8.00. The fourth-order valence-corrected chi connectivity index (χ4v) is 4.49. The van der Waals surface area contributed by atoms with Gasteiger partial charge in [0.25, 0.3) is 5.56 Å². The number of hydrogen-bond acceptors (Lipinski definition) is 5. The molecule has 1 aliphatic rings. The summed E-state index contributed by atoms with van der Waals surface area (Å²) in [6.07, 6.45) is 1.92. The molecular formula is C23H25N3O3S. The maximum absolute atomic E-state index is 13.2. The van der Waals surface area contributed by atoms with E-state index in [0.29, 0.717) is 22.6 Å². The fraction of sp³-hybridized carbons (Fsp3) is 0.348. The van der Waals surface area contributed by atoms with Crippen LogP contribution in [0.4, 0.5) is 5.69 Å². The Kier molecular flexibility index (Phi) is 6.20. The number of carbonyl (C=O) groups excluding carboxylic acids is 1. The van der Waals surface area contributed by atoms with Gasteiger partial charge in [-0.05, 0) is 56.5 Å². The molecule has 2 heterocycles. The lowest BCUT2D eigenvalue weighted by Gasteiger charge is -2.18. The minimum absolute atomic E-state index is 0.00133. The van der Waals surface area contributed by atoms with E-state index in [4.69, 9.17) is 9.72 Å². The van der Waals surface area contributed by atoms with Crippen molar-refractivity contribution in [3.05, 3.63) is 64.4 Å². The van der Waals surface area contributed by atoms with Crippen LogP contribution in [0.2, 0.25) is 0 Å². The minimum atomic E-state index is -0.422. The third kappa shape index (κ3) is 4.57. The van der Waals surface area contributed by atoms with Gasteiger partial charge in [-0.15, -0.1) is 0 Å². The summed E-state index contributed by atoms with van der Waals surface area (Å²) < 4.78 is 7.41. The van der Waals surface area contributed by atoms with Crippen LogP contribution in [0, 0.1) is 6.92 Å². The second-order valence-corrected chi connectivity index (χ2v) is 8.89. The molecule has 7 heteroatoms. The van der Waals surface area contributed by atoms with Crippen molar-refractivity contribution in [3.63, 3.8) is 0 Å². The van der Waals surface area contributed by atoms with Crippen LogP contribution in [-0.2, 0) is 16.1 Å². The topological polar surface area (TPSA) is 73.2 Å². The minimum Gasteiger partial charge on any atom is -0.376 e. The number of nitrogens with one attached hydrogen (secondary N) is 1. The molecule has 4 rings (SSSR count). The van der Waals surface area contributed by atoms with Crippen molar-refractivity contribution in [3.8, 4) is 0 Å². The van der Waals surface area contributed by atoms with Gasteiger partial charge in [0.05, 0.1) is 28.8 Å². The summed E-state index contributed by atoms with van der Waals surface area (Å²) in [5.41, 5.74) is 2.38. The lowest BCUT2D eigenvalue weighted by atomic mass is 10.2. The van der Waals surface area contributed by atoms with Crippen LogP contribution < -0.4 is 10.9 Å². The van der Waals surface area contributed by atoms with Crippen molar-refractivity contribution in [1.82, 2.24) is 9.55 Å². The third-order valence-corrected chi connectivity index (χ3v) is 6.26. The van der Waals surface area contributed by atoms with E-state index in [9.17, 15) is 9.59 Å².